The van der Waals surface area contributed by atoms with E-state index in [1.807, 2.05) is 0 Å². The van der Waals surface area contributed by atoms with E-state index in [4.69, 9.17) is 14.4 Å². The Kier molecular flexibility index (Phi) is 15.4. The molecule has 1 aromatic rings. The predicted octanol–water partition coefficient (Wildman–Crippen LogP) is 10.4. The van der Waals surface area contributed by atoms with Crippen LogP contribution < -0.4 is 10.2 Å². The second kappa shape index (κ2) is 16.9. The van der Waals surface area contributed by atoms with Gasteiger partial charge in [-0.3, -0.25) is 10.0 Å². The van der Waals surface area contributed by atoms with Gasteiger partial charge >= 0.3 is 47.6 Å². The second-order valence-electron chi connectivity index (χ2n) is 13.3. The highest BCUT2D eigenvalue weighted by atomic mass is 28.4. The van der Waals surface area contributed by atoms with Gasteiger partial charge < -0.3 is 14.3 Å². The quantitative estimate of drug-likeness (QED) is 0.0304. The van der Waals surface area contributed by atoms with Crippen LogP contribution in [0.3, 0.4) is 0 Å². The fourth-order valence-corrected chi connectivity index (χ4v) is 9.93. The van der Waals surface area contributed by atoms with Gasteiger partial charge in [-0.25, -0.2) is 5.48 Å². The number of aliphatic hydroxyl groups is 1. The monoisotopic (exact) mass is 855 g/mol. The second-order valence-corrected chi connectivity index (χ2v) is 18.3. The summed E-state index contributed by atoms with van der Waals surface area (Å²) in [5.74, 6) is -58.0. The molecule has 1 amide bonds. The summed E-state index contributed by atoms with van der Waals surface area (Å²) in [7, 11) is -3.96. The van der Waals surface area contributed by atoms with Crippen molar-refractivity contribution in [3.63, 3.8) is 0 Å². The van der Waals surface area contributed by atoms with E-state index < -0.39 is 111 Å². The first kappa shape index (κ1) is 50.2. The van der Waals surface area contributed by atoms with E-state index in [1.54, 1.807) is 6.92 Å². The summed E-state index contributed by atoms with van der Waals surface area (Å²) in [4.78, 5) is 11.5. The minimum absolute atomic E-state index is 0.0957. The number of ether oxygens (including phenoxy) is 1. The van der Waals surface area contributed by atoms with E-state index in [2.05, 4.69) is 0 Å². The van der Waals surface area contributed by atoms with Gasteiger partial charge in [0.2, 0.25) is 0 Å². The molecule has 0 heterocycles. The van der Waals surface area contributed by atoms with Gasteiger partial charge in [-0.05, 0) is 41.7 Å². The highest BCUT2D eigenvalue weighted by Crippen LogP contribution is 2.64. The van der Waals surface area contributed by atoms with Gasteiger partial charge in [-0.15, -0.1) is 0 Å². The van der Waals surface area contributed by atoms with Crippen LogP contribution in [0, 0.1) is 5.92 Å². The van der Waals surface area contributed by atoms with Crippen LogP contribution in [-0.4, -0.2) is 85.4 Å². The average molecular weight is 856 g/mol. The molecule has 0 fully saturated rings. The maximum absolute atomic E-state index is 14.8. The van der Waals surface area contributed by atoms with Gasteiger partial charge in [0.25, 0.3) is 5.91 Å². The van der Waals surface area contributed by atoms with E-state index in [9.17, 15) is 84.5 Å². The van der Waals surface area contributed by atoms with Crippen molar-refractivity contribution in [2.75, 3.05) is 13.2 Å². The van der Waals surface area contributed by atoms with E-state index in [0.29, 0.717) is 5.56 Å². The molecule has 0 bridgehead atoms. The summed E-state index contributed by atoms with van der Waals surface area (Å²) in [5.41, 5.74) is 0.135. The number of hydrogen-bond donors (Lipinski definition) is 3. The zero-order chi connectivity index (χ0) is 43.6. The number of nitrogens with one attached hydrogen (secondary N) is 1. The Hall–Kier alpha value is -2.86. The minimum Gasteiger partial charge on any atom is -0.491 e. The van der Waals surface area contributed by atoms with Crippen molar-refractivity contribution in [2.24, 2.45) is 5.92 Å². The number of halogens is 17. The average Bonchev–Trinajstić information content (AvgIpc) is 3.05. The molecule has 6 nitrogen and oxygen atoms in total. The first-order valence-corrected chi connectivity index (χ1v) is 18.1. The molecule has 0 aromatic heterocycles. The van der Waals surface area contributed by atoms with Crippen molar-refractivity contribution in [3.8, 4) is 5.75 Å². The van der Waals surface area contributed by atoms with Crippen LogP contribution in [0.2, 0.25) is 17.1 Å². The number of rotatable bonds is 20. The molecule has 0 aliphatic rings. The molecule has 320 valence electrons. The Bertz CT molecular complexity index is 1460. The van der Waals surface area contributed by atoms with Gasteiger partial charge in [0.05, 0.1) is 12.7 Å². The highest BCUT2D eigenvalue weighted by Gasteiger charge is 2.95. The molecular weight excluding hydrogens is 817 g/mol. The summed E-state index contributed by atoms with van der Waals surface area (Å²) in [5, 5.41) is 19.3. The lowest BCUT2D eigenvalue weighted by atomic mass is 9.88. The fourth-order valence-electron chi connectivity index (χ4n) is 5.46. The van der Waals surface area contributed by atoms with Gasteiger partial charge in [-0.2, -0.15) is 74.6 Å². The Morgan fingerprint density at radius 3 is 1.53 bits per heavy atom. The minimum atomic E-state index is -8.69. The first-order valence-electron chi connectivity index (χ1n) is 15.9. The number of carbonyl (C=O) groups excluding carboxylic acids is 1. The predicted molar refractivity (Wildman–Crippen MR) is 162 cm³/mol. The zero-order valence-corrected chi connectivity index (χ0v) is 30.6. The molecule has 24 heteroatoms. The van der Waals surface area contributed by atoms with Crippen molar-refractivity contribution in [1.29, 1.82) is 0 Å². The molecular formula is C31H38F17NO5Si. The topological polar surface area (TPSA) is 88.0 Å². The van der Waals surface area contributed by atoms with Crippen molar-refractivity contribution >= 4 is 14.2 Å². The molecule has 0 saturated carbocycles. The molecule has 0 aliphatic heterocycles. The van der Waals surface area contributed by atoms with Gasteiger partial charge in [-0.1, -0.05) is 52.8 Å². The number of benzene rings is 1. The van der Waals surface area contributed by atoms with Gasteiger partial charge in [0.15, 0.2) is 8.32 Å². The van der Waals surface area contributed by atoms with Crippen molar-refractivity contribution in [1.82, 2.24) is 5.48 Å². The summed E-state index contributed by atoms with van der Waals surface area (Å²) in [6.45, 7) is 7.29. The number of hydroxylamine groups is 1. The molecule has 55 heavy (non-hydrogen) atoms. The lowest BCUT2D eigenvalue weighted by Crippen LogP contribution is -2.74. The molecule has 0 radical (unpaired) electrons. The molecule has 2 atom stereocenters. The molecule has 0 spiro atoms. The summed E-state index contributed by atoms with van der Waals surface area (Å²) < 4.78 is 245. The van der Waals surface area contributed by atoms with Crippen molar-refractivity contribution in [2.45, 2.75) is 119 Å². The number of carbonyl (C=O) groups is 1. The molecule has 1 rings (SSSR count). The van der Waals surface area contributed by atoms with Gasteiger partial charge in [0, 0.05) is 17.9 Å². The van der Waals surface area contributed by atoms with Crippen LogP contribution in [0.15, 0.2) is 35.9 Å². The number of aliphatic hydroxyl groups excluding tert-OH is 1. The van der Waals surface area contributed by atoms with E-state index in [-0.39, 0.29) is 11.3 Å². The summed E-state index contributed by atoms with van der Waals surface area (Å²) in [6.07, 6.45) is -10.1. The molecule has 0 aliphatic carbocycles. The van der Waals surface area contributed by atoms with Crippen LogP contribution >= 0.6 is 0 Å². The summed E-state index contributed by atoms with van der Waals surface area (Å²) in [6, 6.07) is 4.23. The third kappa shape index (κ3) is 9.31. The Labute approximate surface area is 304 Å². The van der Waals surface area contributed by atoms with Gasteiger partial charge in [0.1, 0.15) is 12.4 Å². The van der Waals surface area contributed by atoms with Crippen LogP contribution in [0.25, 0.3) is 0 Å². The highest BCUT2D eigenvalue weighted by molar-refractivity contribution is 6.76. The Morgan fingerprint density at radius 1 is 0.709 bits per heavy atom. The standard InChI is InChI=1S/C31H38F17NO5Si/c1-16(2)55(17(3)4,54-13-12-53-21-9-7-20(8-10-21)22(50)18(5)15-19(6)23(51)49-52)14-11-24(32,33)25(34,35)26(36,37)27(38,39)28(40,41)29(42,43)30(44,45)31(46,47)48/h7-10,15-18,22,50,52H,11-14H2,1-6H3,(H,49,51)/b19-15+/t18-,22-/m0/s1. The maximum atomic E-state index is 14.8. The van der Waals surface area contributed by atoms with Crippen LogP contribution in [-0.2, 0) is 9.22 Å². The maximum Gasteiger partial charge on any atom is 0.460 e. The summed E-state index contributed by atoms with van der Waals surface area (Å²) >= 11 is 0. The first-order chi connectivity index (χ1) is 24.5. The van der Waals surface area contributed by atoms with E-state index in [0.717, 1.165) is 0 Å². The number of amides is 1. The third-order valence-electron chi connectivity index (χ3n) is 8.99. The number of hydrogen-bond acceptors (Lipinski definition) is 5. The zero-order valence-electron chi connectivity index (χ0n) is 29.6. The molecule has 0 unspecified atom stereocenters. The van der Waals surface area contributed by atoms with Crippen molar-refractivity contribution in [3.05, 3.63) is 41.5 Å². The van der Waals surface area contributed by atoms with Crippen LogP contribution in [0.1, 0.15) is 59.6 Å². The Balaban J connectivity index is 3.24. The fraction of sp³-hybridized carbons (Fsp3) is 0.710. The van der Waals surface area contributed by atoms with E-state index >= 15 is 0 Å². The molecule has 0 saturated heterocycles. The van der Waals surface area contributed by atoms with E-state index in [1.165, 1.54) is 70.4 Å². The lowest BCUT2D eigenvalue weighted by molar-refractivity contribution is -0.461. The largest absolute Gasteiger partial charge is 0.491 e. The normalized spacial score (nSPS) is 16.1. The SMILES string of the molecule is C/C(=C\[C@H](C)[C@H](O)c1ccc(OCCO[Si](CCC(F)(F)C(F)(F)C(F)(F)C(F)(F)C(F)(F)C(F)(F)C(F)(F)C(F)(F)F)(C(C)C)C(C)C)cc1)C(=O)NO. The number of alkyl halides is 17. The lowest BCUT2D eigenvalue weighted by Gasteiger charge is -2.44. The molecule has 1 aromatic carbocycles. The molecule has 3 N–H and O–H groups in total. The Morgan fingerprint density at radius 2 is 1.13 bits per heavy atom. The third-order valence-corrected chi connectivity index (χ3v) is 14.7. The van der Waals surface area contributed by atoms with Crippen molar-refractivity contribution < 1.29 is 98.9 Å². The van der Waals surface area contributed by atoms with Crippen LogP contribution in [0.4, 0.5) is 74.6 Å². The van der Waals surface area contributed by atoms with Crippen LogP contribution in [0.5, 0.6) is 5.75 Å². The smallest absolute Gasteiger partial charge is 0.460 e.